The fourth-order valence-electron chi connectivity index (χ4n) is 2.40. The first-order chi connectivity index (χ1) is 9.26. The van der Waals surface area contributed by atoms with E-state index in [9.17, 15) is 4.39 Å². The summed E-state index contributed by atoms with van der Waals surface area (Å²) in [4.78, 5) is 0. The molecular weight excluding hydrogens is 259 g/mol. The average molecular weight is 285 g/mol. The van der Waals surface area contributed by atoms with Crippen molar-refractivity contribution < 1.29 is 4.39 Å². The van der Waals surface area contributed by atoms with Gasteiger partial charge in [-0.15, -0.1) is 11.6 Å². The van der Waals surface area contributed by atoms with Crippen molar-refractivity contribution in [1.82, 2.24) is 0 Å². The van der Waals surface area contributed by atoms with Crippen molar-refractivity contribution in [2.75, 3.05) is 5.88 Å². The summed E-state index contributed by atoms with van der Waals surface area (Å²) < 4.78 is 12.8. The van der Waals surface area contributed by atoms with Crippen molar-refractivity contribution in [3.05, 3.63) is 35.6 Å². The van der Waals surface area contributed by atoms with Gasteiger partial charge in [-0.3, -0.25) is 0 Å². The molecule has 0 aliphatic rings. The quantitative estimate of drug-likeness (QED) is 0.366. The lowest BCUT2D eigenvalue weighted by Gasteiger charge is -2.13. The summed E-state index contributed by atoms with van der Waals surface area (Å²) in [6, 6.07) is 6.81. The Morgan fingerprint density at radius 2 is 1.63 bits per heavy atom. The molecule has 1 aromatic carbocycles. The van der Waals surface area contributed by atoms with Crippen LogP contribution in [0.25, 0.3) is 0 Å². The van der Waals surface area contributed by atoms with Gasteiger partial charge in [0.2, 0.25) is 0 Å². The first-order valence-electron chi connectivity index (χ1n) is 7.56. The summed E-state index contributed by atoms with van der Waals surface area (Å²) in [6.45, 7) is 2.24. The molecule has 2 heteroatoms. The van der Waals surface area contributed by atoms with E-state index < -0.39 is 0 Å². The molecule has 0 aliphatic carbocycles. The van der Waals surface area contributed by atoms with Crippen LogP contribution in [0.2, 0.25) is 0 Å². The minimum absolute atomic E-state index is 0.165. The second kappa shape index (κ2) is 10.3. The summed E-state index contributed by atoms with van der Waals surface area (Å²) in [5.74, 6) is 1.06. The smallest absolute Gasteiger partial charge is 0.123 e. The third-order valence-corrected chi connectivity index (χ3v) is 4.06. The van der Waals surface area contributed by atoms with Gasteiger partial charge in [-0.2, -0.15) is 0 Å². The predicted octanol–water partition coefficient (Wildman–Crippen LogP) is 5.97. The predicted molar refractivity (Wildman–Crippen MR) is 82.3 cm³/mol. The summed E-state index contributed by atoms with van der Waals surface area (Å²) in [6.07, 6.45) is 10.1. The van der Waals surface area contributed by atoms with Gasteiger partial charge in [-0.25, -0.2) is 4.39 Å². The lowest BCUT2D eigenvalue weighted by atomic mass is 9.95. The molecule has 0 amide bonds. The number of hydrogen-bond donors (Lipinski definition) is 0. The minimum atomic E-state index is -0.165. The molecule has 1 rings (SSSR count). The van der Waals surface area contributed by atoms with Gasteiger partial charge >= 0.3 is 0 Å². The highest BCUT2D eigenvalue weighted by Gasteiger charge is 2.08. The first-order valence-corrected chi connectivity index (χ1v) is 8.10. The molecule has 0 saturated heterocycles. The molecule has 1 aromatic rings. The van der Waals surface area contributed by atoms with E-state index >= 15 is 0 Å². The van der Waals surface area contributed by atoms with Crippen LogP contribution in [-0.2, 0) is 6.42 Å². The molecule has 0 aliphatic heterocycles. The van der Waals surface area contributed by atoms with Gasteiger partial charge in [0.25, 0.3) is 0 Å². The monoisotopic (exact) mass is 284 g/mol. The molecule has 0 bridgehead atoms. The highest BCUT2D eigenvalue weighted by atomic mass is 35.5. The van der Waals surface area contributed by atoms with Crippen LogP contribution in [0.5, 0.6) is 0 Å². The fourth-order valence-corrected chi connectivity index (χ4v) is 2.66. The van der Waals surface area contributed by atoms with Gasteiger partial charge in [0, 0.05) is 5.88 Å². The molecule has 0 aromatic heterocycles. The van der Waals surface area contributed by atoms with Gasteiger partial charge in [0.15, 0.2) is 0 Å². The maximum absolute atomic E-state index is 12.8. The normalized spacial score (nSPS) is 12.6. The molecule has 0 spiro atoms. The number of rotatable bonds is 10. The fraction of sp³-hybridized carbons (Fsp3) is 0.647. The SMILES string of the molecule is CCCCCCCCC(CCl)Cc1ccc(F)cc1. The Kier molecular flexibility index (Phi) is 8.90. The highest BCUT2D eigenvalue weighted by molar-refractivity contribution is 6.18. The Labute approximate surface area is 122 Å². The topological polar surface area (TPSA) is 0 Å². The Hall–Kier alpha value is -0.560. The van der Waals surface area contributed by atoms with Crippen molar-refractivity contribution in [3.8, 4) is 0 Å². The lowest BCUT2D eigenvalue weighted by Crippen LogP contribution is -2.06. The maximum Gasteiger partial charge on any atom is 0.123 e. The zero-order chi connectivity index (χ0) is 13.9. The van der Waals surface area contributed by atoms with Gasteiger partial charge in [-0.05, 0) is 36.5 Å². The second-order valence-corrected chi connectivity index (χ2v) is 5.72. The molecule has 0 saturated carbocycles. The van der Waals surface area contributed by atoms with E-state index in [1.165, 1.54) is 62.6 Å². The molecule has 108 valence electrons. The van der Waals surface area contributed by atoms with Gasteiger partial charge in [0.05, 0.1) is 0 Å². The third kappa shape index (κ3) is 7.57. The Balaban J connectivity index is 2.20. The van der Waals surface area contributed by atoms with E-state index in [0.29, 0.717) is 11.8 Å². The van der Waals surface area contributed by atoms with E-state index in [1.54, 1.807) is 0 Å². The highest BCUT2D eigenvalue weighted by Crippen LogP contribution is 2.18. The molecule has 0 nitrogen and oxygen atoms in total. The number of alkyl halides is 1. The van der Waals surface area contributed by atoms with Crippen LogP contribution >= 0.6 is 11.6 Å². The van der Waals surface area contributed by atoms with E-state index in [1.807, 2.05) is 12.1 Å². The van der Waals surface area contributed by atoms with E-state index in [0.717, 1.165) is 6.42 Å². The Bertz CT molecular complexity index is 321. The second-order valence-electron chi connectivity index (χ2n) is 5.41. The molecule has 0 fully saturated rings. The molecule has 0 N–H and O–H groups in total. The number of hydrogen-bond acceptors (Lipinski definition) is 0. The zero-order valence-corrected chi connectivity index (χ0v) is 12.8. The van der Waals surface area contributed by atoms with E-state index in [-0.39, 0.29) is 5.82 Å². The molecular formula is C17H26ClF. The largest absolute Gasteiger partial charge is 0.207 e. The standard InChI is InChI=1S/C17H26ClF/c1-2-3-4-5-6-7-8-16(14-18)13-15-9-11-17(19)12-10-15/h9-12,16H,2-8,13-14H2,1H3. The van der Waals surface area contributed by atoms with Gasteiger partial charge < -0.3 is 0 Å². The van der Waals surface area contributed by atoms with Crippen LogP contribution in [0.3, 0.4) is 0 Å². The number of benzene rings is 1. The van der Waals surface area contributed by atoms with Gasteiger partial charge in [-0.1, -0.05) is 57.6 Å². The maximum atomic E-state index is 12.8. The zero-order valence-electron chi connectivity index (χ0n) is 12.0. The number of halogens is 2. The molecule has 0 radical (unpaired) electrons. The summed E-state index contributed by atoms with van der Waals surface area (Å²) in [7, 11) is 0. The first kappa shape index (κ1) is 16.5. The Morgan fingerprint density at radius 1 is 1.00 bits per heavy atom. The van der Waals surface area contributed by atoms with Crippen LogP contribution in [0.4, 0.5) is 4.39 Å². The minimum Gasteiger partial charge on any atom is -0.207 e. The van der Waals surface area contributed by atoms with Crippen LogP contribution in [0, 0.1) is 11.7 Å². The van der Waals surface area contributed by atoms with Crippen molar-refractivity contribution in [1.29, 1.82) is 0 Å². The molecule has 1 unspecified atom stereocenters. The van der Waals surface area contributed by atoms with Crippen LogP contribution in [0.1, 0.15) is 57.4 Å². The van der Waals surface area contributed by atoms with Gasteiger partial charge in [0.1, 0.15) is 5.82 Å². The van der Waals surface area contributed by atoms with Crippen molar-refractivity contribution in [3.63, 3.8) is 0 Å². The third-order valence-electron chi connectivity index (χ3n) is 3.62. The van der Waals surface area contributed by atoms with Crippen molar-refractivity contribution >= 4 is 11.6 Å². The summed E-state index contributed by atoms with van der Waals surface area (Å²) >= 11 is 6.04. The molecule has 1 atom stereocenters. The van der Waals surface area contributed by atoms with E-state index in [2.05, 4.69) is 6.92 Å². The number of unbranched alkanes of at least 4 members (excludes halogenated alkanes) is 5. The summed E-state index contributed by atoms with van der Waals surface area (Å²) in [5, 5.41) is 0. The summed E-state index contributed by atoms with van der Waals surface area (Å²) in [5.41, 5.74) is 1.19. The van der Waals surface area contributed by atoms with E-state index in [4.69, 9.17) is 11.6 Å². The van der Waals surface area contributed by atoms with Crippen molar-refractivity contribution in [2.24, 2.45) is 5.92 Å². The Morgan fingerprint density at radius 3 is 2.26 bits per heavy atom. The average Bonchev–Trinajstić information content (AvgIpc) is 2.43. The van der Waals surface area contributed by atoms with Crippen LogP contribution < -0.4 is 0 Å². The lowest BCUT2D eigenvalue weighted by molar-refractivity contribution is 0.485. The molecule has 19 heavy (non-hydrogen) atoms. The van der Waals surface area contributed by atoms with Crippen LogP contribution in [-0.4, -0.2) is 5.88 Å². The van der Waals surface area contributed by atoms with Crippen LogP contribution in [0.15, 0.2) is 24.3 Å². The molecule has 0 heterocycles. The van der Waals surface area contributed by atoms with Crippen molar-refractivity contribution in [2.45, 2.75) is 58.3 Å².